The molecule has 0 aliphatic heterocycles. The van der Waals surface area contributed by atoms with Crippen molar-refractivity contribution in [1.29, 1.82) is 0 Å². The van der Waals surface area contributed by atoms with Crippen molar-refractivity contribution >= 4 is 40.5 Å². The first-order chi connectivity index (χ1) is 18.8. The number of anilines is 3. The minimum Gasteiger partial charge on any atom is -0.481 e. The molecule has 2 heterocycles. The highest BCUT2D eigenvalue weighted by Gasteiger charge is 2.33. The molecule has 208 valence electrons. The quantitative estimate of drug-likeness (QED) is 0.200. The van der Waals surface area contributed by atoms with Crippen molar-refractivity contribution in [2.75, 3.05) is 10.6 Å². The second-order valence-corrected chi connectivity index (χ2v) is 10.1. The van der Waals surface area contributed by atoms with E-state index in [1.54, 1.807) is 49.5 Å². The molecule has 4 N–H and O–H groups in total. The summed E-state index contributed by atoms with van der Waals surface area (Å²) < 4.78 is 39.1. The van der Waals surface area contributed by atoms with Gasteiger partial charge in [-0.3, -0.25) is 9.59 Å². The number of benzene rings is 2. The molecule has 2 aromatic heterocycles. The van der Waals surface area contributed by atoms with Gasteiger partial charge in [-0.25, -0.2) is 15.0 Å². The lowest BCUT2D eigenvalue weighted by molar-refractivity contribution is -0.141. The molecule has 0 radical (unpaired) electrons. The maximum absolute atomic E-state index is 13.0. The second kappa shape index (κ2) is 11.4. The van der Waals surface area contributed by atoms with Crippen molar-refractivity contribution in [3.8, 4) is 10.4 Å². The Morgan fingerprint density at radius 1 is 1.00 bits per heavy atom. The van der Waals surface area contributed by atoms with E-state index in [0.29, 0.717) is 26.8 Å². The van der Waals surface area contributed by atoms with E-state index in [1.807, 2.05) is 13.0 Å². The van der Waals surface area contributed by atoms with Crippen LogP contribution in [0.15, 0.2) is 60.9 Å². The van der Waals surface area contributed by atoms with Crippen LogP contribution in [-0.2, 0) is 21.4 Å². The van der Waals surface area contributed by atoms with Crippen LogP contribution in [0.3, 0.4) is 0 Å². The number of rotatable bonds is 9. The summed E-state index contributed by atoms with van der Waals surface area (Å²) in [4.78, 5) is 35.0. The van der Waals surface area contributed by atoms with Gasteiger partial charge >= 0.3 is 12.1 Å². The van der Waals surface area contributed by atoms with E-state index < -0.39 is 29.3 Å². The maximum atomic E-state index is 13.0. The molecular weight excluding hydrogens is 547 g/mol. The van der Waals surface area contributed by atoms with Crippen molar-refractivity contribution in [3.05, 3.63) is 82.8 Å². The molecule has 0 saturated heterocycles. The Hall–Kier alpha value is -4.36. The van der Waals surface area contributed by atoms with Crippen molar-refractivity contribution in [2.24, 2.45) is 0 Å². The second-order valence-electron chi connectivity index (χ2n) is 9.10. The largest absolute Gasteiger partial charge is 0.481 e. The van der Waals surface area contributed by atoms with E-state index >= 15 is 0 Å². The first-order valence-electron chi connectivity index (χ1n) is 11.9. The molecule has 4 aromatic rings. The molecule has 9 nitrogen and oxygen atoms in total. The maximum Gasteiger partial charge on any atom is 0.433 e. The van der Waals surface area contributed by atoms with Crippen LogP contribution < -0.4 is 10.6 Å². The lowest BCUT2D eigenvalue weighted by Gasteiger charge is -2.21. The average molecular weight is 572 g/mol. The number of nitrogens with zero attached hydrogens (tertiary/aromatic N) is 3. The lowest BCUT2D eigenvalue weighted by atomic mass is 9.96. The van der Waals surface area contributed by atoms with Crippen LogP contribution in [0.5, 0.6) is 0 Å². The highest BCUT2D eigenvalue weighted by molar-refractivity contribution is 7.15. The number of hydrogen-bond acceptors (Lipinski definition) is 8. The van der Waals surface area contributed by atoms with Gasteiger partial charge in [0.25, 0.3) is 0 Å². The number of hydrogen-bond donors (Lipinski definition) is 4. The molecule has 0 aliphatic carbocycles. The predicted octanol–water partition coefficient (Wildman–Crippen LogP) is 5.73. The van der Waals surface area contributed by atoms with E-state index in [9.17, 15) is 27.9 Å². The Bertz CT molecular complexity index is 1540. The van der Waals surface area contributed by atoms with Gasteiger partial charge in [0.15, 0.2) is 0 Å². The number of aliphatic hydroxyl groups is 1. The summed E-state index contributed by atoms with van der Waals surface area (Å²) in [6.07, 6.45) is -2.39. The normalized spacial score (nSPS) is 12.9. The summed E-state index contributed by atoms with van der Waals surface area (Å²) >= 11 is 1.25. The van der Waals surface area contributed by atoms with Gasteiger partial charge in [0.2, 0.25) is 11.9 Å². The monoisotopic (exact) mass is 571 g/mol. The molecular formula is C27H24F3N5O4S. The fourth-order valence-electron chi connectivity index (χ4n) is 3.78. The molecule has 0 spiro atoms. The number of alkyl halides is 3. The van der Waals surface area contributed by atoms with Crippen LogP contribution in [0.2, 0.25) is 0 Å². The zero-order chi connectivity index (χ0) is 29.1. The van der Waals surface area contributed by atoms with Crippen molar-refractivity contribution in [1.82, 2.24) is 15.0 Å². The Kier molecular flexibility index (Phi) is 8.16. The van der Waals surface area contributed by atoms with Gasteiger partial charge in [-0.2, -0.15) is 13.2 Å². The van der Waals surface area contributed by atoms with Crippen molar-refractivity contribution in [2.45, 2.75) is 38.5 Å². The van der Waals surface area contributed by atoms with E-state index in [0.717, 1.165) is 23.4 Å². The van der Waals surface area contributed by atoms with Crippen LogP contribution in [-0.4, -0.2) is 37.0 Å². The average Bonchev–Trinajstić information content (AvgIpc) is 3.39. The molecule has 0 fully saturated rings. The molecule has 0 aliphatic rings. The fraction of sp³-hybridized carbons (Fsp3) is 0.222. The van der Waals surface area contributed by atoms with Crippen LogP contribution >= 0.6 is 11.3 Å². The van der Waals surface area contributed by atoms with Gasteiger partial charge in [-0.15, -0.1) is 11.3 Å². The number of aryl methyl sites for hydroxylation is 1. The van der Waals surface area contributed by atoms with Crippen LogP contribution in [0, 0.1) is 6.92 Å². The molecule has 4 rings (SSSR count). The number of carbonyl (C=O) groups is 2. The van der Waals surface area contributed by atoms with Crippen LogP contribution in [0.1, 0.15) is 41.6 Å². The molecule has 0 bridgehead atoms. The number of carboxylic acids is 1. The third kappa shape index (κ3) is 6.98. The van der Waals surface area contributed by atoms with Crippen molar-refractivity contribution in [3.63, 3.8) is 0 Å². The number of carboxylic acid groups (broad SMARTS) is 1. The summed E-state index contributed by atoms with van der Waals surface area (Å²) in [5.74, 6) is -1.69. The zero-order valence-corrected chi connectivity index (χ0v) is 22.1. The summed E-state index contributed by atoms with van der Waals surface area (Å²) in [7, 11) is 0. The smallest absolute Gasteiger partial charge is 0.433 e. The Labute approximate surface area is 230 Å². The summed E-state index contributed by atoms with van der Waals surface area (Å²) in [5, 5.41) is 25.8. The van der Waals surface area contributed by atoms with Gasteiger partial charge < -0.3 is 20.8 Å². The number of amides is 1. The summed E-state index contributed by atoms with van der Waals surface area (Å²) in [5.41, 5.74) is 0.497. The number of carbonyl (C=O) groups excluding carboxylic acids is 1. The molecule has 40 heavy (non-hydrogen) atoms. The van der Waals surface area contributed by atoms with E-state index in [4.69, 9.17) is 5.11 Å². The van der Waals surface area contributed by atoms with E-state index in [2.05, 4.69) is 25.6 Å². The molecule has 1 unspecified atom stereocenters. The van der Waals surface area contributed by atoms with E-state index in [-0.39, 0.29) is 18.8 Å². The highest BCUT2D eigenvalue weighted by atomic mass is 32.1. The lowest BCUT2D eigenvalue weighted by Crippen LogP contribution is -2.22. The number of nitrogens with one attached hydrogen (secondary N) is 2. The van der Waals surface area contributed by atoms with Gasteiger partial charge in [0.1, 0.15) is 16.3 Å². The van der Waals surface area contributed by atoms with Crippen molar-refractivity contribution < 1.29 is 33.0 Å². The number of halogens is 3. The SMILES string of the molecule is Cc1cc(Nc2nccc(C(F)(F)F)n2)cc(-c2cnc(C(C)(O)c3ccc(NC(=O)CCC(=O)O)cc3)s2)c1. The molecule has 13 heteroatoms. The zero-order valence-electron chi connectivity index (χ0n) is 21.3. The number of aliphatic carboxylic acids is 1. The summed E-state index contributed by atoms with van der Waals surface area (Å²) in [6, 6.07) is 12.6. The molecule has 1 amide bonds. The molecule has 0 saturated carbocycles. The molecule has 1 atom stereocenters. The highest BCUT2D eigenvalue weighted by Crippen LogP contribution is 2.37. The minimum atomic E-state index is -4.59. The van der Waals surface area contributed by atoms with Gasteiger partial charge in [-0.1, -0.05) is 18.2 Å². The first kappa shape index (κ1) is 28.6. The van der Waals surface area contributed by atoms with Gasteiger partial charge in [0.05, 0.1) is 11.3 Å². The fourth-order valence-corrected chi connectivity index (χ4v) is 4.75. The standard InChI is InChI=1S/C27H24F3N5O4S/c1-15-11-16(13-19(12-15)34-25-31-10-9-21(35-25)27(28,29)30)20-14-32-24(40-20)26(2,39)17-3-5-18(6-4-17)33-22(36)7-8-23(37)38/h3-6,9-14,39H,7-8H2,1-2H3,(H,33,36)(H,37,38)(H,31,34,35). The number of thiazole rings is 1. The van der Waals surface area contributed by atoms with Gasteiger partial charge in [0, 0.05) is 30.2 Å². The Morgan fingerprint density at radius 2 is 1.73 bits per heavy atom. The Morgan fingerprint density at radius 3 is 2.40 bits per heavy atom. The topological polar surface area (TPSA) is 137 Å². The molecule has 2 aromatic carbocycles. The van der Waals surface area contributed by atoms with Crippen LogP contribution in [0.4, 0.5) is 30.5 Å². The third-order valence-electron chi connectivity index (χ3n) is 5.78. The van der Waals surface area contributed by atoms with Gasteiger partial charge in [-0.05, 0) is 60.9 Å². The first-order valence-corrected chi connectivity index (χ1v) is 12.7. The summed E-state index contributed by atoms with van der Waals surface area (Å²) in [6.45, 7) is 3.42. The predicted molar refractivity (Wildman–Crippen MR) is 143 cm³/mol. The Balaban J connectivity index is 1.51. The number of aromatic nitrogens is 3. The minimum absolute atomic E-state index is 0.153. The van der Waals surface area contributed by atoms with Crippen LogP contribution in [0.25, 0.3) is 10.4 Å². The van der Waals surface area contributed by atoms with E-state index in [1.165, 1.54) is 11.3 Å². The third-order valence-corrected chi connectivity index (χ3v) is 7.04.